The summed E-state index contributed by atoms with van der Waals surface area (Å²) in [5.41, 5.74) is 4.34. The second-order valence-electron chi connectivity index (χ2n) is 10.8. The van der Waals surface area contributed by atoms with Gasteiger partial charge in [0, 0.05) is 0 Å². The average molecular weight is 727 g/mol. The first kappa shape index (κ1) is 32.2. The molecule has 0 fully saturated rings. The molecule has 0 aliphatic heterocycles. The molecule has 46 heavy (non-hydrogen) atoms. The van der Waals surface area contributed by atoms with Gasteiger partial charge in [0.1, 0.15) is 0 Å². The molecule has 0 unspecified atom stereocenters. The topological polar surface area (TPSA) is 0 Å². The van der Waals surface area contributed by atoms with Crippen molar-refractivity contribution in [2.75, 3.05) is 0 Å². The van der Waals surface area contributed by atoms with Crippen molar-refractivity contribution in [3.63, 3.8) is 0 Å². The minimum absolute atomic E-state index is 0.889. The molecule has 0 amide bonds. The zero-order valence-corrected chi connectivity index (χ0v) is 30.2. The number of hydrogen-bond donors (Lipinski definition) is 0. The number of benzene rings is 6. The van der Waals surface area contributed by atoms with Crippen molar-refractivity contribution >= 4 is 54.4 Å². The Bertz CT molecular complexity index is 1990. The van der Waals surface area contributed by atoms with E-state index in [0.29, 0.717) is 0 Å². The van der Waals surface area contributed by atoms with Gasteiger partial charge in [0.25, 0.3) is 0 Å². The van der Waals surface area contributed by atoms with Gasteiger partial charge >= 0.3 is 111 Å². The fourth-order valence-corrected chi connectivity index (χ4v) is 20.9. The van der Waals surface area contributed by atoms with E-state index >= 15 is 0 Å². The zero-order valence-electron chi connectivity index (χ0n) is 25.2. The van der Waals surface area contributed by atoms with Crippen LogP contribution in [-0.2, 0) is 18.0 Å². The average Bonchev–Trinajstić information content (AvgIpc) is 3.85. The summed E-state index contributed by atoms with van der Waals surface area (Å²) < 4.78 is 0. The Labute approximate surface area is 286 Å². The molecule has 0 spiro atoms. The largest absolute Gasteiger partial charge is 0.206 e. The zero-order chi connectivity index (χ0) is 31.6. The van der Waals surface area contributed by atoms with Crippen LogP contribution in [0, 0.1) is 0 Å². The molecule has 0 aliphatic rings. The van der Waals surface area contributed by atoms with Crippen molar-refractivity contribution < 1.29 is 18.0 Å². The monoisotopic (exact) mass is 724 g/mol. The third-order valence-corrected chi connectivity index (χ3v) is 23.8. The Morgan fingerprint density at radius 2 is 0.804 bits per heavy atom. The van der Waals surface area contributed by atoms with Gasteiger partial charge in [-0.15, -0.1) is 0 Å². The van der Waals surface area contributed by atoms with Crippen molar-refractivity contribution in [3.05, 3.63) is 194 Å². The quantitative estimate of drug-likeness (QED) is 0.125. The van der Waals surface area contributed by atoms with Gasteiger partial charge in [0.2, 0.25) is 0 Å². The van der Waals surface area contributed by atoms with Crippen molar-refractivity contribution in [1.82, 2.24) is 0 Å². The summed E-state index contributed by atoms with van der Waals surface area (Å²) in [5, 5.41) is 7.92. The van der Waals surface area contributed by atoms with Crippen molar-refractivity contribution in [2.24, 2.45) is 0 Å². The van der Waals surface area contributed by atoms with Crippen LogP contribution in [0.1, 0.15) is 0 Å². The van der Waals surface area contributed by atoms with Gasteiger partial charge in [-0.3, -0.25) is 0 Å². The Kier molecular flexibility index (Phi) is 11.3. The second kappa shape index (κ2) is 16.2. The van der Waals surface area contributed by atoms with Crippen LogP contribution >= 0.6 is 17.0 Å². The molecule has 8 aromatic rings. The summed E-state index contributed by atoms with van der Waals surface area (Å²) in [7, 11) is 12.6. The summed E-state index contributed by atoms with van der Waals surface area (Å²) >= 11 is -2.26. The molecule has 0 radical (unpaired) electrons. The van der Waals surface area contributed by atoms with Crippen LogP contribution in [0.5, 0.6) is 0 Å². The first-order valence-corrected chi connectivity index (χ1v) is 26.8. The molecular weight excluding hydrogens is 695 g/mol. The van der Waals surface area contributed by atoms with Gasteiger partial charge < -0.3 is 0 Å². The summed E-state index contributed by atoms with van der Waals surface area (Å²) in [5.74, 6) is 0. The summed E-state index contributed by atoms with van der Waals surface area (Å²) in [6.45, 7) is 0. The molecule has 0 saturated carbocycles. The maximum absolute atomic E-state index is 6.32. The summed E-state index contributed by atoms with van der Waals surface area (Å²) in [4.78, 5) is 0. The fourth-order valence-electron chi connectivity index (χ4n) is 5.66. The molecular formula is C42H32Cl2SiZr-2. The molecule has 0 bridgehead atoms. The Hall–Kier alpha value is -3.78. The molecule has 0 N–H and O–H groups in total. The smallest absolute Gasteiger partial charge is 0.0189 e. The van der Waals surface area contributed by atoms with E-state index in [4.69, 9.17) is 17.0 Å². The number of rotatable bonds is 4. The van der Waals surface area contributed by atoms with Crippen molar-refractivity contribution in [1.29, 1.82) is 0 Å². The van der Waals surface area contributed by atoms with Gasteiger partial charge in [0.15, 0.2) is 0 Å². The van der Waals surface area contributed by atoms with Crippen LogP contribution in [0.25, 0.3) is 43.8 Å². The van der Waals surface area contributed by atoms with E-state index in [1.165, 1.54) is 54.2 Å². The van der Waals surface area contributed by atoms with Crippen LogP contribution in [0.3, 0.4) is 0 Å². The minimum atomic E-state index is -2.26. The molecule has 0 saturated heterocycles. The third kappa shape index (κ3) is 7.95. The predicted molar refractivity (Wildman–Crippen MR) is 200 cm³/mol. The van der Waals surface area contributed by atoms with Gasteiger partial charge in [0.05, 0.1) is 0 Å². The molecule has 224 valence electrons. The minimum Gasteiger partial charge on any atom is -0.206 e. The first-order valence-electron chi connectivity index (χ1n) is 15.2. The van der Waals surface area contributed by atoms with Gasteiger partial charge in [-0.05, 0) is 21.5 Å². The van der Waals surface area contributed by atoms with Crippen molar-refractivity contribution in [3.8, 4) is 22.3 Å². The maximum atomic E-state index is 6.32. The second-order valence-corrected chi connectivity index (χ2v) is 30.0. The number of halogens is 2. The van der Waals surface area contributed by atoms with E-state index in [2.05, 4.69) is 182 Å². The van der Waals surface area contributed by atoms with Gasteiger partial charge in [-0.25, -0.2) is 12.1 Å². The van der Waals surface area contributed by atoms with E-state index in [-0.39, 0.29) is 0 Å². The summed E-state index contributed by atoms with van der Waals surface area (Å²) in [6.07, 6.45) is 0. The van der Waals surface area contributed by atoms with Crippen molar-refractivity contribution in [2.45, 2.75) is 0 Å². The molecule has 8 aromatic carbocycles. The number of fused-ring (bicyclic) bond motifs is 2. The molecule has 0 aliphatic carbocycles. The van der Waals surface area contributed by atoms with Crippen LogP contribution < -0.4 is 10.4 Å². The Morgan fingerprint density at radius 1 is 0.413 bits per heavy atom. The van der Waals surface area contributed by atoms with E-state index in [9.17, 15) is 0 Å². The molecule has 0 heterocycles. The first-order chi connectivity index (χ1) is 22.7. The van der Waals surface area contributed by atoms with E-state index in [1.807, 2.05) is 12.1 Å². The predicted octanol–water partition coefficient (Wildman–Crippen LogP) is 11.2. The summed E-state index contributed by atoms with van der Waals surface area (Å²) in [6, 6.07) is 67.7. The Morgan fingerprint density at radius 3 is 1.20 bits per heavy atom. The third-order valence-electron chi connectivity index (χ3n) is 7.84. The fraction of sp³-hybridized carbons (Fsp3) is 0. The Balaban J connectivity index is 0.000000121. The van der Waals surface area contributed by atoms with Crippen LogP contribution in [0.15, 0.2) is 194 Å². The van der Waals surface area contributed by atoms with Crippen LogP contribution in [-0.4, -0.2) is 5.43 Å². The van der Waals surface area contributed by atoms with Gasteiger partial charge in [-0.2, -0.15) is 47.5 Å². The molecule has 0 aromatic heterocycles. The van der Waals surface area contributed by atoms with Crippen LogP contribution in [0.4, 0.5) is 0 Å². The molecule has 8 rings (SSSR count). The van der Waals surface area contributed by atoms with Crippen LogP contribution in [0.2, 0.25) is 0 Å². The SMILES string of the molecule is [Cl][Zr]([Cl])=[Si](c1ccccc1)c1ccccc1.c1ccc2c(-c3cc[cH-]c3)cccc2c1.c1ccc2c(-c3cc[cH-]c3)cccc2c1. The maximum Gasteiger partial charge on any atom is -0.0189 e. The van der Waals surface area contributed by atoms with E-state index in [1.54, 1.807) is 0 Å². The molecule has 4 heteroatoms. The van der Waals surface area contributed by atoms with Gasteiger partial charge in [-0.1, -0.05) is 96.1 Å². The van der Waals surface area contributed by atoms with E-state index < -0.39 is 23.4 Å². The van der Waals surface area contributed by atoms with E-state index in [0.717, 1.165) is 0 Å². The number of hydrogen-bond acceptors (Lipinski definition) is 0. The molecule has 0 nitrogen and oxygen atoms in total. The normalized spacial score (nSPS) is 10.4. The standard InChI is InChI=1S/2C15H11.C12H10Si.2ClH.Zr/c2*1-2-7-12(6-1)15-11-5-9-13-8-3-4-10-14(13)15;1-3-7-11(8-4-1)13-12-9-5-2-6-10-12;;;/h2*1-11H;1-10H;2*1H;/q2*-1;;;;+2/p-2. The molecule has 0 atom stereocenters.